The van der Waals surface area contributed by atoms with Crippen LogP contribution < -0.4 is 4.74 Å². The normalized spacial score (nSPS) is 22.6. The van der Waals surface area contributed by atoms with Gasteiger partial charge in [-0.2, -0.15) is 0 Å². The van der Waals surface area contributed by atoms with E-state index in [-0.39, 0.29) is 11.9 Å². The molecule has 0 saturated carbocycles. The van der Waals surface area contributed by atoms with Gasteiger partial charge in [0, 0.05) is 17.4 Å². The molecule has 0 radical (unpaired) electrons. The maximum Gasteiger partial charge on any atom is 0.331 e. The molecule has 2 heterocycles. The summed E-state index contributed by atoms with van der Waals surface area (Å²) in [6, 6.07) is 3.73. The largest absolute Gasteiger partial charge is 0.492 e. The summed E-state index contributed by atoms with van der Waals surface area (Å²) < 4.78 is 11.6. The van der Waals surface area contributed by atoms with Crippen molar-refractivity contribution in [1.82, 2.24) is 4.90 Å². The Morgan fingerprint density at radius 3 is 2.86 bits per heavy atom. The lowest BCUT2D eigenvalue weighted by Gasteiger charge is -2.48. The number of carbonyl (C=O) groups excluding carboxylic acids is 2. The quantitative estimate of drug-likeness (QED) is 0.770. The molecule has 2 aliphatic rings. The molecule has 22 heavy (non-hydrogen) atoms. The number of hydrogen-bond donors (Lipinski definition) is 0. The molecule has 0 N–H and O–H groups in total. The van der Waals surface area contributed by atoms with Gasteiger partial charge in [-0.25, -0.2) is 4.79 Å². The second-order valence-electron chi connectivity index (χ2n) is 5.74. The zero-order valence-electron chi connectivity index (χ0n) is 12.6. The Hall–Kier alpha value is -1.56. The van der Waals surface area contributed by atoms with Crippen LogP contribution in [0.25, 0.3) is 0 Å². The lowest BCUT2D eigenvalue weighted by molar-refractivity contribution is -0.162. The van der Waals surface area contributed by atoms with Crippen molar-refractivity contribution in [2.75, 3.05) is 19.8 Å². The summed E-state index contributed by atoms with van der Waals surface area (Å²) >= 11 is 3.44. The summed E-state index contributed by atoms with van der Waals surface area (Å²) in [7, 11) is 0. The van der Waals surface area contributed by atoms with Crippen LogP contribution in [-0.4, -0.2) is 42.1 Å². The molecule has 0 bridgehead atoms. The predicted octanol–water partition coefficient (Wildman–Crippen LogP) is 2.55. The van der Waals surface area contributed by atoms with Crippen LogP contribution in [0.3, 0.4) is 0 Å². The molecule has 1 amide bonds. The van der Waals surface area contributed by atoms with Crippen LogP contribution in [0.2, 0.25) is 0 Å². The van der Waals surface area contributed by atoms with Gasteiger partial charge >= 0.3 is 5.97 Å². The molecule has 1 saturated heterocycles. The van der Waals surface area contributed by atoms with Crippen molar-refractivity contribution in [3.63, 3.8) is 0 Å². The smallest absolute Gasteiger partial charge is 0.331 e. The summed E-state index contributed by atoms with van der Waals surface area (Å²) in [5.41, 5.74) is 0.661. The van der Waals surface area contributed by atoms with E-state index in [2.05, 4.69) is 15.9 Å². The molecule has 0 spiro atoms. The first-order chi connectivity index (χ1) is 10.5. The topological polar surface area (TPSA) is 55.8 Å². The Bertz CT molecular complexity index is 645. The second-order valence-corrected chi connectivity index (χ2v) is 6.66. The Labute approximate surface area is 137 Å². The van der Waals surface area contributed by atoms with Crippen LogP contribution in [0.5, 0.6) is 5.75 Å². The van der Waals surface area contributed by atoms with E-state index in [0.717, 1.165) is 16.5 Å². The Kier molecular flexibility index (Phi) is 3.89. The van der Waals surface area contributed by atoms with Crippen molar-refractivity contribution in [3.8, 4) is 5.75 Å². The van der Waals surface area contributed by atoms with Crippen molar-refractivity contribution in [3.05, 3.63) is 27.7 Å². The van der Waals surface area contributed by atoms with E-state index in [1.54, 1.807) is 24.8 Å². The number of hydrogen-bond acceptors (Lipinski definition) is 4. The van der Waals surface area contributed by atoms with Crippen molar-refractivity contribution < 1.29 is 19.1 Å². The molecular weight excluding hydrogens is 350 g/mol. The van der Waals surface area contributed by atoms with Crippen molar-refractivity contribution in [2.24, 2.45) is 0 Å². The van der Waals surface area contributed by atoms with E-state index in [9.17, 15) is 9.59 Å². The second kappa shape index (κ2) is 5.57. The van der Waals surface area contributed by atoms with Gasteiger partial charge in [0.25, 0.3) is 5.91 Å². The fourth-order valence-electron chi connectivity index (χ4n) is 2.96. The molecular formula is C16H18BrNO4. The predicted molar refractivity (Wildman–Crippen MR) is 84.0 cm³/mol. The number of rotatable bonds is 3. The van der Waals surface area contributed by atoms with Gasteiger partial charge in [-0.05, 0) is 38.0 Å². The number of benzene rings is 1. The lowest BCUT2D eigenvalue weighted by atomic mass is 9.85. The SMILES string of the molecule is CCOC(=O)C1(C)CCN1C(=O)c1cc(Br)cc2c1OCC2. The highest BCUT2D eigenvalue weighted by Gasteiger charge is 2.51. The molecule has 6 heteroatoms. The minimum atomic E-state index is -0.874. The van der Waals surface area contributed by atoms with Gasteiger partial charge in [-0.15, -0.1) is 0 Å². The van der Waals surface area contributed by atoms with Gasteiger partial charge in [0.15, 0.2) is 0 Å². The van der Waals surface area contributed by atoms with Gasteiger partial charge in [-0.1, -0.05) is 15.9 Å². The van der Waals surface area contributed by atoms with Crippen molar-refractivity contribution in [1.29, 1.82) is 0 Å². The van der Waals surface area contributed by atoms with E-state index in [1.807, 2.05) is 6.07 Å². The summed E-state index contributed by atoms with van der Waals surface area (Å²) in [5.74, 6) is 0.120. The fraction of sp³-hybridized carbons (Fsp3) is 0.500. The first-order valence-corrected chi connectivity index (χ1v) is 8.21. The van der Waals surface area contributed by atoms with Gasteiger partial charge in [0.2, 0.25) is 0 Å². The Morgan fingerprint density at radius 1 is 1.45 bits per heavy atom. The van der Waals surface area contributed by atoms with Gasteiger partial charge in [-0.3, -0.25) is 4.79 Å². The van der Waals surface area contributed by atoms with Gasteiger partial charge in [0.1, 0.15) is 11.3 Å². The summed E-state index contributed by atoms with van der Waals surface area (Å²) in [5, 5.41) is 0. The molecule has 2 aliphatic heterocycles. The number of amides is 1. The maximum atomic E-state index is 12.9. The summed E-state index contributed by atoms with van der Waals surface area (Å²) in [4.78, 5) is 26.6. The van der Waals surface area contributed by atoms with E-state index >= 15 is 0 Å². The van der Waals surface area contributed by atoms with Crippen LogP contribution in [-0.2, 0) is 16.0 Å². The van der Waals surface area contributed by atoms with Gasteiger partial charge < -0.3 is 14.4 Å². The van der Waals surface area contributed by atoms with Gasteiger partial charge in [0.05, 0.1) is 18.8 Å². The zero-order valence-corrected chi connectivity index (χ0v) is 14.2. The minimum absolute atomic E-state index is 0.179. The molecule has 1 aromatic carbocycles. The van der Waals surface area contributed by atoms with E-state index in [0.29, 0.717) is 37.5 Å². The van der Waals surface area contributed by atoms with Crippen LogP contribution in [0.1, 0.15) is 36.2 Å². The third-order valence-corrected chi connectivity index (χ3v) is 4.81. The number of fused-ring (bicyclic) bond motifs is 1. The molecule has 118 valence electrons. The highest BCUT2D eigenvalue weighted by molar-refractivity contribution is 9.10. The molecule has 3 rings (SSSR count). The number of likely N-dealkylation sites (tertiary alicyclic amines) is 1. The number of nitrogens with zero attached hydrogens (tertiary/aromatic N) is 1. The average molecular weight is 368 g/mol. The average Bonchev–Trinajstić information content (AvgIpc) is 2.92. The number of ether oxygens (including phenoxy) is 2. The minimum Gasteiger partial charge on any atom is -0.492 e. The highest BCUT2D eigenvalue weighted by atomic mass is 79.9. The molecule has 0 aromatic heterocycles. The monoisotopic (exact) mass is 367 g/mol. The summed E-state index contributed by atoms with van der Waals surface area (Å²) in [6.07, 6.45) is 1.42. The molecule has 1 atom stereocenters. The first-order valence-electron chi connectivity index (χ1n) is 7.42. The van der Waals surface area contributed by atoms with E-state index in [1.165, 1.54) is 0 Å². The van der Waals surface area contributed by atoms with Crippen molar-refractivity contribution >= 4 is 27.8 Å². The third-order valence-electron chi connectivity index (χ3n) is 4.36. The fourth-order valence-corrected chi connectivity index (χ4v) is 3.46. The Balaban J connectivity index is 1.91. The molecule has 1 fully saturated rings. The molecule has 1 aromatic rings. The number of carbonyl (C=O) groups is 2. The molecule has 5 nitrogen and oxygen atoms in total. The zero-order chi connectivity index (χ0) is 15.9. The standard InChI is InChI=1S/C16H18BrNO4/c1-3-21-15(20)16(2)5-6-18(16)14(19)12-9-11(17)8-10-4-7-22-13(10)12/h8-9H,3-7H2,1-2H3. The number of halogens is 1. The van der Waals surface area contributed by atoms with Crippen LogP contribution >= 0.6 is 15.9 Å². The third kappa shape index (κ3) is 2.29. The van der Waals surface area contributed by atoms with Crippen molar-refractivity contribution in [2.45, 2.75) is 32.2 Å². The first kappa shape index (κ1) is 15.3. The highest BCUT2D eigenvalue weighted by Crippen LogP contribution is 2.38. The summed E-state index contributed by atoms with van der Waals surface area (Å²) in [6.45, 7) is 4.97. The Morgan fingerprint density at radius 2 is 2.23 bits per heavy atom. The van der Waals surface area contributed by atoms with E-state index < -0.39 is 5.54 Å². The number of esters is 1. The van der Waals surface area contributed by atoms with E-state index in [4.69, 9.17) is 9.47 Å². The van der Waals surface area contributed by atoms with Crippen LogP contribution in [0.15, 0.2) is 16.6 Å². The molecule has 0 aliphatic carbocycles. The molecule has 1 unspecified atom stereocenters. The lowest BCUT2D eigenvalue weighted by Crippen LogP contribution is -2.65. The van der Waals surface area contributed by atoms with Crippen LogP contribution in [0, 0.1) is 0 Å². The van der Waals surface area contributed by atoms with Crippen LogP contribution in [0.4, 0.5) is 0 Å². The maximum absolute atomic E-state index is 12.9.